The summed E-state index contributed by atoms with van der Waals surface area (Å²) in [6.45, 7) is 5.35. The highest BCUT2D eigenvalue weighted by Crippen LogP contribution is 2.16. The Morgan fingerprint density at radius 3 is 2.74 bits per heavy atom. The van der Waals surface area contributed by atoms with Crippen LogP contribution >= 0.6 is 0 Å². The zero-order chi connectivity index (χ0) is 14.3. The summed E-state index contributed by atoms with van der Waals surface area (Å²) in [6, 6.07) is 5.18. The molecular formula is C15H17NO3. The number of rotatable bonds is 5. The van der Waals surface area contributed by atoms with Crippen LogP contribution in [0.1, 0.15) is 29.5 Å². The number of aromatic nitrogens is 1. The molecule has 4 heteroatoms. The summed E-state index contributed by atoms with van der Waals surface area (Å²) < 4.78 is 4.64. The molecule has 0 saturated carbocycles. The lowest BCUT2D eigenvalue weighted by Gasteiger charge is -2.05. The highest BCUT2D eigenvalue weighted by Gasteiger charge is 2.08. The van der Waals surface area contributed by atoms with Gasteiger partial charge in [0.1, 0.15) is 11.5 Å². The van der Waals surface area contributed by atoms with Gasteiger partial charge in [0, 0.05) is 0 Å². The minimum atomic E-state index is -0.461. The predicted octanol–water partition coefficient (Wildman–Crippen LogP) is 3.29. The Bertz CT molecular complexity index is 530. The lowest BCUT2D eigenvalue weighted by Crippen LogP contribution is -2.05. The third-order valence-corrected chi connectivity index (χ3v) is 2.44. The molecule has 0 atom stereocenters. The molecule has 1 rings (SSSR count). The quantitative estimate of drug-likeness (QED) is 0.501. The molecule has 1 aromatic heterocycles. The zero-order valence-electron chi connectivity index (χ0n) is 11.1. The van der Waals surface area contributed by atoms with Crippen LogP contribution in [0.15, 0.2) is 48.8 Å². The number of carbonyl (C=O) groups excluding carboxylic acids is 1. The molecule has 0 spiro atoms. The van der Waals surface area contributed by atoms with Crippen molar-refractivity contribution in [1.82, 2.24) is 4.98 Å². The molecule has 19 heavy (non-hydrogen) atoms. The average Bonchev–Trinajstić information content (AvgIpc) is 2.42. The smallest absolute Gasteiger partial charge is 0.356 e. The minimum absolute atomic E-state index is 0.0111. The van der Waals surface area contributed by atoms with Crippen LogP contribution in [-0.2, 0) is 4.74 Å². The molecule has 0 aromatic carbocycles. The van der Waals surface area contributed by atoms with Crippen LogP contribution in [0.4, 0.5) is 0 Å². The number of esters is 1. The minimum Gasteiger partial charge on any atom is -0.509 e. The summed E-state index contributed by atoms with van der Waals surface area (Å²) in [7, 11) is 1.32. The van der Waals surface area contributed by atoms with Crippen molar-refractivity contribution in [3.8, 4) is 0 Å². The normalized spacial score (nSPS) is 11.6. The molecule has 0 aliphatic heterocycles. The number of hydrogen-bond donors (Lipinski definition) is 1. The van der Waals surface area contributed by atoms with Gasteiger partial charge >= 0.3 is 5.97 Å². The van der Waals surface area contributed by atoms with Crippen molar-refractivity contribution in [3.05, 3.63) is 60.2 Å². The number of pyridine rings is 1. The summed E-state index contributed by atoms with van der Waals surface area (Å²) in [5.41, 5.74) is 1.93. The van der Waals surface area contributed by atoms with Gasteiger partial charge in [-0.1, -0.05) is 31.7 Å². The van der Waals surface area contributed by atoms with E-state index in [2.05, 4.69) is 16.3 Å². The Kier molecular flexibility index (Phi) is 5.54. The number of aliphatic hydroxyl groups excluding tert-OH is 1. The Morgan fingerprint density at radius 1 is 1.47 bits per heavy atom. The second-order valence-corrected chi connectivity index (χ2v) is 3.80. The molecule has 0 aliphatic rings. The van der Waals surface area contributed by atoms with E-state index >= 15 is 0 Å². The first-order valence-electron chi connectivity index (χ1n) is 5.89. The highest BCUT2D eigenvalue weighted by atomic mass is 16.5. The molecule has 1 aromatic rings. The van der Waals surface area contributed by atoms with Crippen molar-refractivity contribution in [2.45, 2.75) is 13.3 Å². The fourth-order valence-corrected chi connectivity index (χ4v) is 1.49. The van der Waals surface area contributed by atoms with Crippen molar-refractivity contribution in [2.24, 2.45) is 0 Å². The second-order valence-electron chi connectivity index (χ2n) is 3.80. The number of methoxy groups -OCH3 is 1. The van der Waals surface area contributed by atoms with E-state index in [9.17, 15) is 4.79 Å². The van der Waals surface area contributed by atoms with Crippen molar-refractivity contribution >= 4 is 11.5 Å². The molecule has 0 amide bonds. The predicted molar refractivity (Wildman–Crippen MR) is 74.8 cm³/mol. The van der Waals surface area contributed by atoms with Crippen molar-refractivity contribution in [3.63, 3.8) is 0 Å². The summed E-state index contributed by atoms with van der Waals surface area (Å²) in [5.74, 6) is -0.473. The molecule has 0 radical (unpaired) electrons. The number of nitrogens with zero attached hydrogens (tertiary/aromatic N) is 1. The van der Waals surface area contributed by atoms with Gasteiger partial charge in [0.05, 0.1) is 12.8 Å². The summed E-state index contributed by atoms with van der Waals surface area (Å²) in [5, 5.41) is 8.97. The SMILES string of the molecule is C=C(O)/C=C\C=C(/CC)c1cccc(C(=O)OC)n1. The van der Waals surface area contributed by atoms with E-state index in [0.29, 0.717) is 5.69 Å². The third-order valence-electron chi connectivity index (χ3n) is 2.44. The second kappa shape index (κ2) is 7.16. The summed E-state index contributed by atoms with van der Waals surface area (Å²) in [4.78, 5) is 15.7. The van der Waals surface area contributed by atoms with Crippen LogP contribution in [-0.4, -0.2) is 23.2 Å². The van der Waals surface area contributed by atoms with Crippen LogP contribution in [0.5, 0.6) is 0 Å². The third kappa shape index (κ3) is 4.43. The van der Waals surface area contributed by atoms with Gasteiger partial charge in [-0.2, -0.15) is 0 Å². The number of aliphatic hydroxyl groups is 1. The Morgan fingerprint density at radius 2 is 2.16 bits per heavy atom. The maximum Gasteiger partial charge on any atom is 0.356 e. The first-order chi connectivity index (χ1) is 9.08. The molecule has 4 nitrogen and oxygen atoms in total. The molecular weight excluding hydrogens is 242 g/mol. The standard InChI is InChI=1S/C15H17NO3/c1-4-12(8-5-7-11(2)17)13-9-6-10-14(16-13)15(18)19-3/h5-10,17H,2,4H2,1,3H3/b7-5-,12-8+. The topological polar surface area (TPSA) is 59.4 Å². The first-order valence-corrected chi connectivity index (χ1v) is 5.89. The van der Waals surface area contributed by atoms with E-state index in [4.69, 9.17) is 5.11 Å². The van der Waals surface area contributed by atoms with E-state index in [1.807, 2.05) is 19.1 Å². The van der Waals surface area contributed by atoms with E-state index in [-0.39, 0.29) is 11.5 Å². The van der Waals surface area contributed by atoms with Gasteiger partial charge in [-0.3, -0.25) is 0 Å². The van der Waals surface area contributed by atoms with Crippen LogP contribution in [0, 0.1) is 0 Å². The van der Waals surface area contributed by atoms with Crippen LogP contribution < -0.4 is 0 Å². The van der Waals surface area contributed by atoms with Crippen LogP contribution in [0.25, 0.3) is 5.57 Å². The molecule has 0 aliphatic carbocycles. The van der Waals surface area contributed by atoms with E-state index in [1.165, 1.54) is 13.2 Å². The van der Waals surface area contributed by atoms with Gasteiger partial charge in [-0.25, -0.2) is 9.78 Å². The maximum absolute atomic E-state index is 11.4. The molecule has 0 fully saturated rings. The van der Waals surface area contributed by atoms with Crippen LogP contribution in [0.2, 0.25) is 0 Å². The fourth-order valence-electron chi connectivity index (χ4n) is 1.49. The Labute approximate surface area is 112 Å². The average molecular weight is 259 g/mol. The zero-order valence-corrected chi connectivity index (χ0v) is 11.1. The molecule has 1 heterocycles. The van der Waals surface area contributed by atoms with Gasteiger partial charge < -0.3 is 9.84 Å². The Balaban J connectivity index is 3.05. The van der Waals surface area contributed by atoms with Gasteiger partial charge in [0.25, 0.3) is 0 Å². The maximum atomic E-state index is 11.4. The summed E-state index contributed by atoms with van der Waals surface area (Å²) >= 11 is 0. The number of carbonyl (C=O) groups is 1. The fraction of sp³-hybridized carbons (Fsp3) is 0.200. The van der Waals surface area contributed by atoms with E-state index in [1.54, 1.807) is 18.2 Å². The lowest BCUT2D eigenvalue weighted by atomic mass is 10.1. The van der Waals surface area contributed by atoms with Crippen molar-refractivity contribution in [1.29, 1.82) is 0 Å². The van der Waals surface area contributed by atoms with Crippen LogP contribution in [0.3, 0.4) is 0 Å². The van der Waals surface area contributed by atoms with Crippen molar-refractivity contribution < 1.29 is 14.6 Å². The van der Waals surface area contributed by atoms with Gasteiger partial charge in [-0.15, -0.1) is 0 Å². The molecule has 0 unspecified atom stereocenters. The lowest BCUT2D eigenvalue weighted by molar-refractivity contribution is 0.0594. The molecule has 100 valence electrons. The van der Waals surface area contributed by atoms with Gasteiger partial charge in [0.15, 0.2) is 0 Å². The van der Waals surface area contributed by atoms with E-state index in [0.717, 1.165) is 12.0 Å². The number of hydrogen-bond acceptors (Lipinski definition) is 4. The highest BCUT2D eigenvalue weighted by molar-refractivity contribution is 5.87. The van der Waals surface area contributed by atoms with Gasteiger partial charge in [-0.05, 0) is 30.2 Å². The summed E-state index contributed by atoms with van der Waals surface area (Å²) in [6.07, 6.45) is 5.75. The molecule has 1 N–H and O–H groups in total. The number of ether oxygens (including phenoxy) is 1. The van der Waals surface area contributed by atoms with E-state index < -0.39 is 5.97 Å². The molecule has 0 saturated heterocycles. The van der Waals surface area contributed by atoms with Gasteiger partial charge in [0.2, 0.25) is 0 Å². The Hall–Kier alpha value is -2.36. The first kappa shape index (κ1) is 14.7. The largest absolute Gasteiger partial charge is 0.509 e. The van der Waals surface area contributed by atoms with Crippen molar-refractivity contribution in [2.75, 3.05) is 7.11 Å². The number of allylic oxidation sites excluding steroid dienone is 4. The monoisotopic (exact) mass is 259 g/mol. The molecule has 0 bridgehead atoms.